The first-order valence-corrected chi connectivity index (χ1v) is 6.50. The molecule has 1 atom stereocenters. The van der Waals surface area contributed by atoms with E-state index in [0.717, 1.165) is 5.75 Å². The minimum atomic E-state index is -0.557. The predicted molar refractivity (Wildman–Crippen MR) is 62.3 cm³/mol. The Kier molecular flexibility index (Phi) is 8.61. The van der Waals surface area contributed by atoms with E-state index < -0.39 is 12.0 Å². The van der Waals surface area contributed by atoms with Crippen molar-refractivity contribution >= 4 is 35.2 Å². The topological polar surface area (TPSA) is 55.4 Å². The molecule has 0 spiro atoms. The molecule has 1 N–H and O–H groups in total. The second-order valence-corrected chi connectivity index (χ2v) is 4.23. The molecule has 0 aliphatic rings. The van der Waals surface area contributed by atoms with E-state index in [1.165, 1.54) is 7.11 Å². The van der Waals surface area contributed by atoms with E-state index in [2.05, 4.69) is 10.1 Å². The van der Waals surface area contributed by atoms with Gasteiger partial charge in [0.05, 0.1) is 7.11 Å². The molecule has 0 bridgehead atoms. The highest BCUT2D eigenvalue weighted by Crippen LogP contribution is 2.03. The number of nitrogens with one attached hydrogen (secondary N) is 1. The maximum atomic E-state index is 11.3. The maximum absolute atomic E-state index is 11.3. The van der Waals surface area contributed by atoms with Crippen LogP contribution in [0.3, 0.4) is 0 Å². The lowest BCUT2D eigenvalue weighted by Crippen LogP contribution is -2.42. The van der Waals surface area contributed by atoms with E-state index in [4.69, 9.17) is 11.6 Å². The Morgan fingerprint density at radius 1 is 1.53 bits per heavy atom. The van der Waals surface area contributed by atoms with Crippen molar-refractivity contribution in [1.82, 2.24) is 5.32 Å². The zero-order valence-corrected chi connectivity index (χ0v) is 10.5. The molecule has 0 aromatic rings. The summed E-state index contributed by atoms with van der Waals surface area (Å²) in [6, 6.07) is -0.557. The summed E-state index contributed by atoms with van der Waals surface area (Å²) in [6.45, 7) is 0. The summed E-state index contributed by atoms with van der Waals surface area (Å²) in [4.78, 5) is 22.5. The molecular formula is C9H16ClNO3S. The Labute approximate surface area is 99.1 Å². The van der Waals surface area contributed by atoms with E-state index >= 15 is 0 Å². The van der Waals surface area contributed by atoms with Gasteiger partial charge in [-0.1, -0.05) is 0 Å². The molecule has 0 fully saturated rings. The normalized spacial score (nSPS) is 11.9. The van der Waals surface area contributed by atoms with Crippen LogP contribution in [-0.4, -0.2) is 42.9 Å². The summed E-state index contributed by atoms with van der Waals surface area (Å²) in [6.07, 6.45) is 2.73. The van der Waals surface area contributed by atoms with Crippen LogP contribution in [0.5, 0.6) is 0 Å². The van der Waals surface area contributed by atoms with Crippen LogP contribution in [-0.2, 0) is 14.3 Å². The van der Waals surface area contributed by atoms with Crippen LogP contribution in [0.15, 0.2) is 0 Å². The number of carbonyl (C=O) groups excluding carboxylic acids is 2. The van der Waals surface area contributed by atoms with Crippen molar-refractivity contribution in [1.29, 1.82) is 0 Å². The third-order valence-corrected chi connectivity index (χ3v) is 2.59. The zero-order valence-electron chi connectivity index (χ0n) is 8.92. The molecule has 0 radical (unpaired) electrons. The molecule has 0 saturated heterocycles. The van der Waals surface area contributed by atoms with Crippen molar-refractivity contribution < 1.29 is 14.3 Å². The van der Waals surface area contributed by atoms with Gasteiger partial charge in [-0.25, -0.2) is 4.79 Å². The van der Waals surface area contributed by atoms with Crippen LogP contribution in [0.1, 0.15) is 12.8 Å². The molecule has 0 saturated carbocycles. The summed E-state index contributed by atoms with van der Waals surface area (Å²) in [5.41, 5.74) is 0. The molecule has 1 amide bonds. The Morgan fingerprint density at radius 3 is 2.67 bits per heavy atom. The molecule has 0 aliphatic carbocycles. The highest BCUT2D eigenvalue weighted by molar-refractivity contribution is 7.98. The molecule has 0 aliphatic heterocycles. The van der Waals surface area contributed by atoms with Gasteiger partial charge < -0.3 is 10.1 Å². The molecule has 1 unspecified atom stereocenters. The molecule has 0 aromatic heterocycles. The first-order valence-electron chi connectivity index (χ1n) is 4.57. The number of rotatable bonds is 7. The highest BCUT2D eigenvalue weighted by atomic mass is 35.5. The van der Waals surface area contributed by atoms with E-state index in [1.807, 2.05) is 6.26 Å². The van der Waals surface area contributed by atoms with Gasteiger partial charge in [-0.3, -0.25) is 4.79 Å². The van der Waals surface area contributed by atoms with Gasteiger partial charge in [0, 0.05) is 12.3 Å². The summed E-state index contributed by atoms with van der Waals surface area (Å²) >= 11 is 7.03. The predicted octanol–water partition coefficient (Wildman–Crippen LogP) is 1.03. The molecule has 0 rings (SSSR count). The summed E-state index contributed by atoms with van der Waals surface area (Å²) in [5, 5.41) is 2.59. The first kappa shape index (κ1) is 14.6. The average molecular weight is 254 g/mol. The monoisotopic (exact) mass is 253 g/mol. The van der Waals surface area contributed by atoms with Gasteiger partial charge in [-0.05, 0) is 18.4 Å². The number of hydrogen-bond acceptors (Lipinski definition) is 4. The van der Waals surface area contributed by atoms with Gasteiger partial charge >= 0.3 is 5.97 Å². The summed E-state index contributed by atoms with van der Waals surface area (Å²) in [5.74, 6) is 0.414. The fraction of sp³-hybridized carbons (Fsp3) is 0.778. The number of amides is 1. The quantitative estimate of drug-likeness (QED) is 0.544. The van der Waals surface area contributed by atoms with Crippen molar-refractivity contribution in [3.05, 3.63) is 0 Å². The SMILES string of the molecule is COC(=O)C(CCSC)NC(=O)CCCl. The van der Waals surface area contributed by atoms with Crippen LogP contribution < -0.4 is 5.32 Å². The number of thioether (sulfide) groups is 1. The lowest BCUT2D eigenvalue weighted by Gasteiger charge is -2.15. The molecule has 0 aromatic carbocycles. The maximum Gasteiger partial charge on any atom is 0.328 e. The largest absolute Gasteiger partial charge is 0.467 e. The van der Waals surface area contributed by atoms with E-state index in [9.17, 15) is 9.59 Å². The van der Waals surface area contributed by atoms with Gasteiger partial charge in [0.15, 0.2) is 0 Å². The van der Waals surface area contributed by atoms with Crippen molar-refractivity contribution in [3.8, 4) is 0 Å². The fourth-order valence-electron chi connectivity index (χ4n) is 0.979. The standard InChI is InChI=1S/C9H16ClNO3S/c1-14-9(13)7(4-6-15-2)11-8(12)3-5-10/h7H,3-6H2,1-2H3,(H,11,12). The lowest BCUT2D eigenvalue weighted by molar-refractivity contribution is -0.145. The minimum absolute atomic E-state index is 0.217. The van der Waals surface area contributed by atoms with Crippen molar-refractivity contribution in [3.63, 3.8) is 0 Å². The summed E-state index contributed by atoms with van der Waals surface area (Å²) in [7, 11) is 1.31. The number of esters is 1. The summed E-state index contributed by atoms with van der Waals surface area (Å²) < 4.78 is 4.59. The third-order valence-electron chi connectivity index (χ3n) is 1.75. The van der Waals surface area contributed by atoms with Crippen molar-refractivity contribution in [2.45, 2.75) is 18.9 Å². The van der Waals surface area contributed by atoms with Gasteiger partial charge in [0.1, 0.15) is 6.04 Å². The molecule has 15 heavy (non-hydrogen) atoms. The first-order chi connectivity index (χ1) is 7.15. The second kappa shape index (κ2) is 8.85. The lowest BCUT2D eigenvalue weighted by atomic mass is 10.2. The number of carbonyl (C=O) groups is 2. The number of alkyl halides is 1. The Hall–Kier alpha value is -0.420. The molecular weight excluding hydrogens is 238 g/mol. The van der Waals surface area contributed by atoms with Crippen LogP contribution in [0.4, 0.5) is 0 Å². The van der Waals surface area contributed by atoms with Gasteiger partial charge in [0.25, 0.3) is 0 Å². The molecule has 0 heterocycles. The van der Waals surface area contributed by atoms with Crippen LogP contribution in [0.25, 0.3) is 0 Å². The zero-order chi connectivity index (χ0) is 11.7. The Morgan fingerprint density at radius 2 is 2.20 bits per heavy atom. The van der Waals surface area contributed by atoms with Crippen LogP contribution in [0.2, 0.25) is 0 Å². The van der Waals surface area contributed by atoms with Crippen molar-refractivity contribution in [2.24, 2.45) is 0 Å². The fourth-order valence-corrected chi connectivity index (χ4v) is 1.62. The van der Waals surface area contributed by atoms with Gasteiger partial charge in [0.2, 0.25) is 5.91 Å². The molecule has 4 nitrogen and oxygen atoms in total. The molecule has 6 heteroatoms. The van der Waals surface area contributed by atoms with Gasteiger partial charge in [-0.2, -0.15) is 11.8 Å². The highest BCUT2D eigenvalue weighted by Gasteiger charge is 2.20. The van der Waals surface area contributed by atoms with E-state index in [-0.39, 0.29) is 18.2 Å². The second-order valence-electron chi connectivity index (χ2n) is 2.86. The van der Waals surface area contributed by atoms with E-state index in [0.29, 0.717) is 6.42 Å². The third kappa shape index (κ3) is 6.62. The minimum Gasteiger partial charge on any atom is -0.467 e. The van der Waals surface area contributed by atoms with Crippen LogP contribution >= 0.6 is 23.4 Å². The van der Waals surface area contributed by atoms with Crippen LogP contribution in [0, 0.1) is 0 Å². The number of methoxy groups -OCH3 is 1. The Bertz CT molecular complexity index is 214. The number of ether oxygens (including phenoxy) is 1. The van der Waals surface area contributed by atoms with E-state index in [1.54, 1.807) is 11.8 Å². The van der Waals surface area contributed by atoms with Crippen molar-refractivity contribution in [2.75, 3.05) is 25.0 Å². The number of halogens is 1. The number of hydrogen-bond donors (Lipinski definition) is 1. The average Bonchev–Trinajstić information content (AvgIpc) is 2.23. The molecule has 88 valence electrons. The van der Waals surface area contributed by atoms with Gasteiger partial charge in [-0.15, -0.1) is 11.6 Å². The smallest absolute Gasteiger partial charge is 0.328 e. The Balaban J connectivity index is 4.11.